The highest BCUT2D eigenvalue weighted by Gasteiger charge is 2.12. The van der Waals surface area contributed by atoms with Crippen molar-refractivity contribution < 1.29 is 9.53 Å². The van der Waals surface area contributed by atoms with E-state index < -0.39 is 0 Å². The largest absolute Gasteiger partial charge is 0.469 e. The molecule has 20 heavy (non-hydrogen) atoms. The molecule has 0 saturated heterocycles. The number of aromatic nitrogens is 6. The summed E-state index contributed by atoms with van der Waals surface area (Å²) in [6.07, 6.45) is 3.26. The molecule has 0 fully saturated rings. The Morgan fingerprint density at radius 1 is 1.45 bits per heavy atom. The fraction of sp³-hybridized carbons (Fsp3) is 0.182. The predicted octanol–water partition coefficient (Wildman–Crippen LogP) is 0.679. The van der Waals surface area contributed by atoms with E-state index in [0.29, 0.717) is 22.3 Å². The van der Waals surface area contributed by atoms with Crippen molar-refractivity contribution in [3.05, 3.63) is 35.4 Å². The first kappa shape index (κ1) is 12.5. The first-order valence-corrected chi connectivity index (χ1v) is 6.04. The van der Waals surface area contributed by atoms with E-state index in [4.69, 9.17) is 11.6 Å². The number of ether oxygens (including phenoxy) is 1. The first-order chi connectivity index (χ1) is 9.67. The zero-order valence-corrected chi connectivity index (χ0v) is 11.2. The van der Waals surface area contributed by atoms with Gasteiger partial charge in [-0.05, 0) is 12.1 Å². The molecule has 3 aromatic heterocycles. The van der Waals surface area contributed by atoms with E-state index in [1.54, 1.807) is 29.0 Å². The second-order valence-electron chi connectivity index (χ2n) is 3.95. The Morgan fingerprint density at radius 3 is 3.10 bits per heavy atom. The Hall–Kier alpha value is -2.48. The van der Waals surface area contributed by atoms with Crippen molar-refractivity contribution in [1.29, 1.82) is 0 Å². The van der Waals surface area contributed by atoms with Gasteiger partial charge in [-0.15, -0.1) is 5.10 Å². The summed E-state index contributed by atoms with van der Waals surface area (Å²) in [6, 6.07) is 3.39. The molecule has 0 unspecified atom stereocenters. The summed E-state index contributed by atoms with van der Waals surface area (Å²) in [5.74, 6) is 0.197. The van der Waals surface area contributed by atoms with Crippen molar-refractivity contribution in [2.75, 3.05) is 7.11 Å². The minimum atomic E-state index is -0.378. The van der Waals surface area contributed by atoms with Crippen LogP contribution < -0.4 is 0 Å². The van der Waals surface area contributed by atoms with Crippen LogP contribution in [0.4, 0.5) is 0 Å². The maximum Gasteiger partial charge on any atom is 0.311 e. The number of imidazole rings is 1. The van der Waals surface area contributed by atoms with E-state index in [9.17, 15) is 4.79 Å². The summed E-state index contributed by atoms with van der Waals surface area (Å²) in [7, 11) is 1.32. The van der Waals surface area contributed by atoms with Gasteiger partial charge in [0.2, 0.25) is 0 Å². The highest BCUT2D eigenvalue weighted by Crippen LogP contribution is 2.12. The maximum absolute atomic E-state index is 11.2. The number of halogens is 1. The lowest BCUT2D eigenvalue weighted by molar-refractivity contribution is -0.139. The molecule has 0 spiro atoms. The van der Waals surface area contributed by atoms with Gasteiger partial charge in [-0.1, -0.05) is 16.8 Å². The zero-order valence-electron chi connectivity index (χ0n) is 10.4. The SMILES string of the molecule is COC(=O)Cc1cn(-c2cnc3ccc(Cl)nn23)nn1. The quantitative estimate of drug-likeness (QED) is 0.660. The van der Waals surface area contributed by atoms with Crippen molar-refractivity contribution >= 4 is 23.2 Å². The lowest BCUT2D eigenvalue weighted by atomic mass is 10.3. The molecular weight excluding hydrogens is 284 g/mol. The number of rotatable bonds is 3. The normalized spacial score (nSPS) is 10.9. The Bertz CT molecular complexity index is 780. The van der Waals surface area contributed by atoms with Gasteiger partial charge in [-0.2, -0.15) is 9.61 Å². The maximum atomic E-state index is 11.2. The molecule has 0 atom stereocenters. The number of methoxy groups -OCH3 is 1. The molecule has 0 N–H and O–H groups in total. The van der Waals surface area contributed by atoms with Gasteiger partial charge in [0.1, 0.15) is 5.15 Å². The number of hydrogen-bond acceptors (Lipinski definition) is 6. The third-order valence-electron chi connectivity index (χ3n) is 2.64. The van der Waals surface area contributed by atoms with Crippen LogP contribution in [-0.4, -0.2) is 42.7 Å². The van der Waals surface area contributed by atoms with Gasteiger partial charge in [0, 0.05) is 0 Å². The molecule has 3 rings (SSSR count). The molecule has 3 heterocycles. The second kappa shape index (κ2) is 4.89. The van der Waals surface area contributed by atoms with Crippen LogP contribution in [0.15, 0.2) is 24.5 Å². The summed E-state index contributed by atoms with van der Waals surface area (Å²) >= 11 is 5.86. The smallest absolute Gasteiger partial charge is 0.311 e. The van der Waals surface area contributed by atoms with Crippen LogP contribution in [-0.2, 0) is 16.0 Å². The predicted molar refractivity (Wildman–Crippen MR) is 68.6 cm³/mol. The number of nitrogens with zero attached hydrogens (tertiary/aromatic N) is 6. The van der Waals surface area contributed by atoms with Gasteiger partial charge >= 0.3 is 5.97 Å². The topological polar surface area (TPSA) is 87.2 Å². The van der Waals surface area contributed by atoms with E-state index >= 15 is 0 Å². The molecule has 0 saturated carbocycles. The summed E-state index contributed by atoms with van der Waals surface area (Å²) in [4.78, 5) is 15.4. The number of carbonyl (C=O) groups excluding carboxylic acids is 1. The van der Waals surface area contributed by atoms with E-state index in [1.165, 1.54) is 11.8 Å². The average Bonchev–Trinajstić information content (AvgIpc) is 3.04. The number of esters is 1. The highest BCUT2D eigenvalue weighted by molar-refractivity contribution is 6.29. The van der Waals surface area contributed by atoms with Crippen molar-refractivity contribution in [3.8, 4) is 5.82 Å². The molecule has 102 valence electrons. The van der Waals surface area contributed by atoms with Gasteiger partial charge < -0.3 is 4.74 Å². The monoisotopic (exact) mass is 292 g/mol. The minimum Gasteiger partial charge on any atom is -0.469 e. The van der Waals surface area contributed by atoms with Crippen LogP contribution >= 0.6 is 11.6 Å². The lowest BCUT2D eigenvalue weighted by Gasteiger charge is -1.99. The number of hydrogen-bond donors (Lipinski definition) is 0. The molecule has 0 aromatic carbocycles. The van der Waals surface area contributed by atoms with E-state index in [0.717, 1.165) is 0 Å². The van der Waals surface area contributed by atoms with Crippen molar-refractivity contribution in [3.63, 3.8) is 0 Å². The molecule has 0 bridgehead atoms. The van der Waals surface area contributed by atoms with Crippen LogP contribution in [0, 0.1) is 0 Å². The molecule has 0 amide bonds. The Kier molecular flexibility index (Phi) is 3.07. The van der Waals surface area contributed by atoms with Crippen LogP contribution in [0.1, 0.15) is 5.69 Å². The third kappa shape index (κ3) is 2.21. The molecule has 0 aliphatic rings. The van der Waals surface area contributed by atoms with E-state index in [1.807, 2.05) is 0 Å². The number of fused-ring (bicyclic) bond motifs is 1. The zero-order chi connectivity index (χ0) is 14.1. The average molecular weight is 293 g/mol. The summed E-state index contributed by atoms with van der Waals surface area (Å²) < 4.78 is 7.59. The van der Waals surface area contributed by atoms with Crippen molar-refractivity contribution in [1.82, 2.24) is 29.6 Å². The van der Waals surface area contributed by atoms with Crippen LogP contribution in [0.5, 0.6) is 0 Å². The second-order valence-corrected chi connectivity index (χ2v) is 4.34. The van der Waals surface area contributed by atoms with Gasteiger partial charge in [-0.25, -0.2) is 9.67 Å². The lowest BCUT2D eigenvalue weighted by Crippen LogP contribution is -2.04. The summed E-state index contributed by atoms with van der Waals surface area (Å²) in [6.45, 7) is 0. The Morgan fingerprint density at radius 2 is 2.30 bits per heavy atom. The molecular formula is C11H9ClN6O2. The van der Waals surface area contributed by atoms with Crippen molar-refractivity contribution in [2.24, 2.45) is 0 Å². The first-order valence-electron chi connectivity index (χ1n) is 5.66. The van der Waals surface area contributed by atoms with Gasteiger partial charge in [0.25, 0.3) is 0 Å². The van der Waals surface area contributed by atoms with Gasteiger partial charge in [0.05, 0.1) is 31.6 Å². The highest BCUT2D eigenvalue weighted by atomic mass is 35.5. The third-order valence-corrected chi connectivity index (χ3v) is 2.84. The fourth-order valence-electron chi connectivity index (χ4n) is 1.71. The van der Waals surface area contributed by atoms with E-state index in [2.05, 4.69) is 25.1 Å². The van der Waals surface area contributed by atoms with Crippen LogP contribution in [0.25, 0.3) is 11.5 Å². The van der Waals surface area contributed by atoms with Crippen molar-refractivity contribution in [2.45, 2.75) is 6.42 Å². The molecule has 0 aliphatic heterocycles. The van der Waals surface area contributed by atoms with Gasteiger partial charge in [-0.3, -0.25) is 4.79 Å². The molecule has 0 aliphatic carbocycles. The molecule has 9 heteroatoms. The summed E-state index contributed by atoms with van der Waals surface area (Å²) in [5, 5.41) is 12.3. The molecule has 0 radical (unpaired) electrons. The Labute approximate surface area is 117 Å². The van der Waals surface area contributed by atoms with Gasteiger partial charge in [0.15, 0.2) is 11.5 Å². The fourth-order valence-corrected chi connectivity index (χ4v) is 1.85. The van der Waals surface area contributed by atoms with E-state index in [-0.39, 0.29) is 12.4 Å². The Balaban J connectivity index is 1.99. The summed E-state index contributed by atoms with van der Waals surface area (Å²) in [5.41, 5.74) is 1.13. The van der Waals surface area contributed by atoms with Crippen LogP contribution in [0.2, 0.25) is 5.15 Å². The minimum absolute atomic E-state index is 0.0570. The molecule has 3 aromatic rings. The number of carbonyl (C=O) groups is 1. The standard InChI is InChI=1S/C11H9ClN6O2/c1-20-11(19)4-7-6-17(16-14-7)10-5-13-9-3-2-8(12)15-18(9)10/h2-3,5-6H,4H2,1H3. The molecule has 8 nitrogen and oxygen atoms in total. The van der Waals surface area contributed by atoms with Crippen LogP contribution in [0.3, 0.4) is 0 Å².